The molecular formula is C18H21NO7. The van der Waals surface area contributed by atoms with Gasteiger partial charge in [0.25, 0.3) is 0 Å². The van der Waals surface area contributed by atoms with Gasteiger partial charge >= 0.3 is 23.5 Å². The molecule has 1 atom stereocenters. The van der Waals surface area contributed by atoms with Crippen LogP contribution in [0.3, 0.4) is 0 Å². The number of carbonyl (C=O) groups excluding carboxylic acids is 3. The number of nitrogens with zero attached hydrogens (tertiary/aromatic N) is 1. The molecule has 2 rings (SSSR count). The Morgan fingerprint density at radius 3 is 2.00 bits per heavy atom. The lowest BCUT2D eigenvalue weighted by Gasteiger charge is -2.26. The Labute approximate surface area is 151 Å². The molecule has 1 aromatic rings. The van der Waals surface area contributed by atoms with Crippen molar-refractivity contribution in [3.05, 3.63) is 35.9 Å². The number of aliphatic imine (C=N–C) groups is 1. The van der Waals surface area contributed by atoms with Crippen molar-refractivity contribution >= 4 is 23.6 Å². The van der Waals surface area contributed by atoms with Crippen molar-refractivity contribution in [1.29, 1.82) is 0 Å². The van der Waals surface area contributed by atoms with Crippen molar-refractivity contribution in [3.63, 3.8) is 0 Å². The van der Waals surface area contributed by atoms with E-state index in [1.165, 1.54) is 0 Å². The van der Waals surface area contributed by atoms with Gasteiger partial charge in [0.1, 0.15) is 5.71 Å². The highest BCUT2D eigenvalue weighted by Gasteiger charge is 2.61. The van der Waals surface area contributed by atoms with Gasteiger partial charge < -0.3 is 18.9 Å². The predicted molar refractivity (Wildman–Crippen MR) is 90.5 cm³/mol. The lowest BCUT2D eigenvalue weighted by molar-refractivity contribution is -0.187. The Kier molecular flexibility index (Phi) is 6.46. The van der Waals surface area contributed by atoms with E-state index >= 15 is 0 Å². The van der Waals surface area contributed by atoms with E-state index in [2.05, 4.69) is 4.99 Å². The normalized spacial score (nSPS) is 18.0. The topological polar surface area (TPSA) is 100 Å². The second kappa shape index (κ2) is 8.57. The summed E-state index contributed by atoms with van der Waals surface area (Å²) in [6, 6.07) is 8.46. The third-order valence-electron chi connectivity index (χ3n) is 3.53. The summed E-state index contributed by atoms with van der Waals surface area (Å²) < 4.78 is 20.5. The minimum Gasteiger partial charge on any atom is -0.463 e. The Balaban J connectivity index is 2.58. The van der Waals surface area contributed by atoms with Gasteiger partial charge in [-0.15, -0.1) is 0 Å². The van der Waals surface area contributed by atoms with E-state index in [9.17, 15) is 14.4 Å². The fourth-order valence-corrected chi connectivity index (χ4v) is 2.48. The molecule has 0 aromatic heterocycles. The summed E-state index contributed by atoms with van der Waals surface area (Å²) in [7, 11) is 0. The average Bonchev–Trinajstić information content (AvgIpc) is 3.05. The molecule has 0 saturated heterocycles. The highest BCUT2D eigenvalue weighted by Crippen LogP contribution is 2.32. The first-order valence-corrected chi connectivity index (χ1v) is 8.33. The molecule has 8 heteroatoms. The summed E-state index contributed by atoms with van der Waals surface area (Å²) in [5, 5.41) is 0. The van der Waals surface area contributed by atoms with E-state index in [1.54, 1.807) is 51.1 Å². The van der Waals surface area contributed by atoms with Crippen molar-refractivity contribution in [2.24, 2.45) is 4.99 Å². The fourth-order valence-electron chi connectivity index (χ4n) is 2.48. The molecule has 1 aliphatic heterocycles. The Morgan fingerprint density at radius 2 is 1.50 bits per heavy atom. The van der Waals surface area contributed by atoms with Crippen LogP contribution in [-0.2, 0) is 33.3 Å². The molecule has 0 spiro atoms. The number of hydrogen-bond donors (Lipinski definition) is 0. The second-order valence-electron chi connectivity index (χ2n) is 5.19. The van der Waals surface area contributed by atoms with Gasteiger partial charge in [-0.1, -0.05) is 30.3 Å². The second-order valence-corrected chi connectivity index (χ2v) is 5.19. The molecule has 0 aliphatic carbocycles. The molecule has 0 fully saturated rings. The molecule has 8 nitrogen and oxygen atoms in total. The first-order valence-electron chi connectivity index (χ1n) is 8.33. The highest BCUT2D eigenvalue weighted by atomic mass is 16.6. The van der Waals surface area contributed by atoms with E-state index < -0.39 is 29.7 Å². The van der Waals surface area contributed by atoms with E-state index in [0.29, 0.717) is 5.56 Å². The van der Waals surface area contributed by atoms with Gasteiger partial charge in [-0.3, -0.25) is 0 Å². The van der Waals surface area contributed by atoms with Crippen LogP contribution in [-0.4, -0.2) is 55.3 Å². The zero-order chi connectivity index (χ0) is 19.2. The molecule has 140 valence electrons. The summed E-state index contributed by atoms with van der Waals surface area (Å²) >= 11 is 0. The van der Waals surface area contributed by atoms with Crippen LogP contribution in [0.5, 0.6) is 0 Å². The average molecular weight is 363 g/mol. The Morgan fingerprint density at radius 1 is 0.962 bits per heavy atom. The molecular weight excluding hydrogens is 342 g/mol. The maximum atomic E-state index is 12.7. The van der Waals surface area contributed by atoms with E-state index in [4.69, 9.17) is 18.9 Å². The van der Waals surface area contributed by atoms with Crippen molar-refractivity contribution in [1.82, 2.24) is 0 Å². The van der Waals surface area contributed by atoms with Crippen molar-refractivity contribution < 1.29 is 33.3 Å². The van der Waals surface area contributed by atoms with Gasteiger partial charge in [0.05, 0.1) is 19.8 Å². The molecule has 0 radical (unpaired) electrons. The third kappa shape index (κ3) is 3.60. The van der Waals surface area contributed by atoms with E-state index in [-0.39, 0.29) is 25.5 Å². The minimum absolute atomic E-state index is 0.00942. The summed E-state index contributed by atoms with van der Waals surface area (Å²) in [6.45, 7) is 4.92. The Hall–Kier alpha value is -2.74. The number of hydrogen-bond acceptors (Lipinski definition) is 8. The van der Waals surface area contributed by atoms with Crippen molar-refractivity contribution in [2.45, 2.75) is 32.6 Å². The molecule has 1 heterocycles. The predicted octanol–water partition coefficient (Wildman–Crippen LogP) is 1.26. The SMILES string of the molecule is CCOC(=O)C1N=C(c2ccccc2)C(C(=O)OCC)(C(=O)OCC)O1. The van der Waals surface area contributed by atoms with E-state index in [1.807, 2.05) is 0 Å². The van der Waals surface area contributed by atoms with Gasteiger partial charge in [0.2, 0.25) is 6.23 Å². The maximum Gasteiger partial charge on any atom is 0.358 e. The molecule has 1 aliphatic rings. The standard InChI is InChI=1S/C18H21NO7/c1-4-23-15(20)14-19-13(12-10-8-7-9-11-12)18(26-14,16(21)24-5-2)17(22)25-6-3/h7-11,14H,4-6H2,1-3H3. The molecule has 1 unspecified atom stereocenters. The molecule has 0 saturated carbocycles. The maximum absolute atomic E-state index is 12.7. The van der Waals surface area contributed by atoms with Crippen LogP contribution in [0.25, 0.3) is 0 Å². The van der Waals surface area contributed by atoms with Crippen LogP contribution < -0.4 is 0 Å². The number of rotatable bonds is 7. The fraction of sp³-hybridized carbons (Fsp3) is 0.444. The Bertz CT molecular complexity index is 681. The number of esters is 3. The molecule has 1 aromatic carbocycles. The van der Waals surface area contributed by atoms with Gasteiger partial charge in [-0.2, -0.15) is 0 Å². The van der Waals surface area contributed by atoms with Crippen LogP contribution in [0.4, 0.5) is 0 Å². The van der Waals surface area contributed by atoms with Gasteiger partial charge in [-0.25, -0.2) is 19.4 Å². The molecule has 26 heavy (non-hydrogen) atoms. The summed E-state index contributed by atoms with van der Waals surface area (Å²) in [5.41, 5.74) is -1.90. The number of ether oxygens (including phenoxy) is 4. The lowest BCUT2D eigenvalue weighted by atomic mass is 9.92. The third-order valence-corrected chi connectivity index (χ3v) is 3.53. The van der Waals surface area contributed by atoms with Crippen molar-refractivity contribution in [3.8, 4) is 0 Å². The largest absolute Gasteiger partial charge is 0.463 e. The monoisotopic (exact) mass is 363 g/mol. The lowest BCUT2D eigenvalue weighted by Crippen LogP contribution is -2.56. The smallest absolute Gasteiger partial charge is 0.358 e. The molecule has 0 N–H and O–H groups in total. The van der Waals surface area contributed by atoms with Crippen LogP contribution in [0, 0.1) is 0 Å². The van der Waals surface area contributed by atoms with Gasteiger partial charge in [0, 0.05) is 0 Å². The minimum atomic E-state index is -2.29. The van der Waals surface area contributed by atoms with Crippen LogP contribution >= 0.6 is 0 Å². The quantitative estimate of drug-likeness (QED) is 0.408. The summed E-state index contributed by atoms with van der Waals surface area (Å²) in [4.78, 5) is 41.7. The zero-order valence-electron chi connectivity index (χ0n) is 14.9. The van der Waals surface area contributed by atoms with E-state index in [0.717, 1.165) is 0 Å². The number of benzene rings is 1. The zero-order valence-corrected chi connectivity index (χ0v) is 14.9. The summed E-state index contributed by atoms with van der Waals surface area (Å²) in [6.07, 6.45) is -1.47. The first kappa shape index (κ1) is 19.6. The first-order chi connectivity index (χ1) is 12.5. The van der Waals surface area contributed by atoms with Gasteiger partial charge in [0.15, 0.2) is 0 Å². The van der Waals surface area contributed by atoms with Crippen LogP contribution in [0.2, 0.25) is 0 Å². The molecule has 0 bridgehead atoms. The molecule has 0 amide bonds. The summed E-state index contributed by atoms with van der Waals surface area (Å²) in [5.74, 6) is -2.79. The highest BCUT2D eigenvalue weighted by molar-refractivity contribution is 6.32. The van der Waals surface area contributed by atoms with Crippen molar-refractivity contribution in [2.75, 3.05) is 19.8 Å². The van der Waals surface area contributed by atoms with Crippen LogP contribution in [0.1, 0.15) is 26.3 Å². The van der Waals surface area contributed by atoms with Crippen LogP contribution in [0.15, 0.2) is 35.3 Å². The van der Waals surface area contributed by atoms with Gasteiger partial charge in [-0.05, 0) is 26.3 Å². The number of carbonyl (C=O) groups is 3.